The number of aryl methyl sites for hydroxylation is 1. The van der Waals surface area contributed by atoms with Gasteiger partial charge in [-0.15, -0.1) is 0 Å². The second-order valence-corrected chi connectivity index (χ2v) is 11.1. The molecule has 0 aliphatic carbocycles. The number of pyridine rings is 1. The Morgan fingerprint density at radius 1 is 1.06 bits per heavy atom. The van der Waals surface area contributed by atoms with Crippen molar-refractivity contribution in [3.8, 4) is 11.1 Å². The molecule has 1 aliphatic heterocycles. The molecule has 2 N–H and O–H groups in total. The summed E-state index contributed by atoms with van der Waals surface area (Å²) in [5, 5.41) is 14.9. The van der Waals surface area contributed by atoms with Crippen LogP contribution < -0.4 is 10.2 Å². The zero-order chi connectivity index (χ0) is 33.4. The lowest BCUT2D eigenvalue weighted by molar-refractivity contribution is -0.137. The van der Waals surface area contributed by atoms with Crippen LogP contribution in [0.1, 0.15) is 33.0 Å². The number of fused-ring (bicyclic) bond motifs is 4. The molecule has 0 bridgehead atoms. The van der Waals surface area contributed by atoms with Crippen LogP contribution in [0.2, 0.25) is 0 Å². The van der Waals surface area contributed by atoms with Gasteiger partial charge < -0.3 is 24.3 Å². The molecule has 4 aromatic heterocycles. The monoisotopic (exact) mass is 650 g/mol. The van der Waals surface area contributed by atoms with Gasteiger partial charge in [0.05, 0.1) is 34.3 Å². The van der Waals surface area contributed by atoms with Gasteiger partial charge in [-0.05, 0) is 42.3 Å². The topological polar surface area (TPSA) is 123 Å². The summed E-state index contributed by atoms with van der Waals surface area (Å²) in [5.74, 6) is -3.51. The fourth-order valence-corrected chi connectivity index (χ4v) is 6.10. The Kier molecular flexibility index (Phi) is 6.85. The molecule has 11 nitrogen and oxygen atoms in total. The number of halogens is 5. The van der Waals surface area contributed by atoms with Gasteiger partial charge in [0.25, 0.3) is 0 Å². The van der Waals surface area contributed by atoms with Crippen LogP contribution in [0, 0.1) is 11.6 Å². The molecule has 0 saturated heterocycles. The molecule has 0 unspecified atom stereocenters. The van der Waals surface area contributed by atoms with E-state index >= 15 is 8.78 Å². The first-order valence-electron chi connectivity index (χ1n) is 14.1. The fourth-order valence-electron chi connectivity index (χ4n) is 6.10. The minimum atomic E-state index is -4.74. The number of aliphatic hydroxyl groups is 1. The Morgan fingerprint density at radius 2 is 1.81 bits per heavy atom. The van der Waals surface area contributed by atoms with Gasteiger partial charge >= 0.3 is 12.2 Å². The van der Waals surface area contributed by atoms with Crippen LogP contribution in [-0.4, -0.2) is 59.2 Å². The zero-order valence-electron chi connectivity index (χ0n) is 24.6. The lowest BCUT2D eigenvalue weighted by Gasteiger charge is -2.28. The molecule has 2 aromatic carbocycles. The van der Waals surface area contributed by atoms with E-state index < -0.39 is 53.0 Å². The number of hydrogen-bond acceptors (Lipinski definition) is 7. The average molecular weight is 651 g/mol. The van der Waals surface area contributed by atoms with Crippen molar-refractivity contribution in [3.63, 3.8) is 0 Å². The van der Waals surface area contributed by atoms with E-state index in [9.17, 15) is 27.9 Å². The van der Waals surface area contributed by atoms with Crippen LogP contribution in [0.4, 0.5) is 38.1 Å². The Balaban J connectivity index is 1.36. The normalized spacial score (nSPS) is 13.1. The van der Waals surface area contributed by atoms with Crippen molar-refractivity contribution in [1.82, 2.24) is 28.7 Å². The smallest absolute Gasteiger partial charge is 0.388 e. The molecule has 7 rings (SSSR count). The first-order valence-corrected chi connectivity index (χ1v) is 14.1. The Morgan fingerprint density at radius 3 is 2.51 bits per heavy atom. The number of amides is 1. The van der Waals surface area contributed by atoms with Crippen molar-refractivity contribution in [1.29, 1.82) is 0 Å². The summed E-state index contributed by atoms with van der Waals surface area (Å²) in [6.07, 6.45) is -0.471. The summed E-state index contributed by atoms with van der Waals surface area (Å²) in [4.78, 5) is 36.1. The second kappa shape index (κ2) is 10.7. The molecule has 47 heavy (non-hydrogen) atoms. The van der Waals surface area contributed by atoms with Gasteiger partial charge in [0.1, 0.15) is 24.1 Å². The number of rotatable bonds is 4. The summed E-state index contributed by atoms with van der Waals surface area (Å²) in [6, 6.07) is 6.02. The number of likely N-dealkylation sites (N-methyl/N-ethyl adjacent to an activating group) is 1. The van der Waals surface area contributed by atoms with E-state index in [4.69, 9.17) is 0 Å². The number of benzene rings is 2. The van der Waals surface area contributed by atoms with Crippen molar-refractivity contribution in [3.05, 3.63) is 95.1 Å². The van der Waals surface area contributed by atoms with Gasteiger partial charge in [-0.2, -0.15) is 23.0 Å². The van der Waals surface area contributed by atoms with Crippen molar-refractivity contribution >= 4 is 39.7 Å². The van der Waals surface area contributed by atoms with Gasteiger partial charge in [0.15, 0.2) is 17.5 Å². The number of alkyl halides is 3. The van der Waals surface area contributed by atoms with E-state index in [1.54, 1.807) is 25.1 Å². The highest BCUT2D eigenvalue weighted by atomic mass is 19.4. The van der Waals surface area contributed by atoms with E-state index in [2.05, 4.69) is 15.1 Å². The summed E-state index contributed by atoms with van der Waals surface area (Å²) >= 11 is 0. The third-order valence-corrected chi connectivity index (χ3v) is 8.26. The Bertz CT molecular complexity index is 2250. The largest absolute Gasteiger partial charge is 0.417 e. The van der Waals surface area contributed by atoms with Crippen molar-refractivity contribution < 1.29 is 36.6 Å². The SMILES string of the molecule is CN1CCc2cc(C(=O)c3cc(F)c(NC(=O)n4ncnc4CO)c(F)c3)n3cccc(c23)-c2c(C(F)(F)F)cc3c(ncn3C)c21. The van der Waals surface area contributed by atoms with Gasteiger partial charge in [0, 0.05) is 43.5 Å². The number of nitrogens with one attached hydrogen (secondary N) is 1. The number of nitrogens with zero attached hydrogens (tertiary/aromatic N) is 7. The van der Waals surface area contributed by atoms with E-state index in [1.165, 1.54) is 33.6 Å². The number of carbonyl (C=O) groups excluding carboxylic acids is 2. The third-order valence-electron chi connectivity index (χ3n) is 8.26. The molecule has 6 aromatic rings. The Hall–Kier alpha value is -5.64. The zero-order valence-corrected chi connectivity index (χ0v) is 24.6. The number of aliphatic hydroxyl groups excluding tert-OH is 1. The second-order valence-electron chi connectivity index (χ2n) is 11.1. The van der Waals surface area contributed by atoms with Crippen LogP contribution in [0.3, 0.4) is 0 Å². The fraction of sp³-hybridized carbons (Fsp3) is 0.194. The van der Waals surface area contributed by atoms with E-state index in [0.717, 1.165) is 24.5 Å². The van der Waals surface area contributed by atoms with Crippen LogP contribution in [0.15, 0.2) is 55.2 Å². The number of ketones is 1. The van der Waals surface area contributed by atoms with Crippen molar-refractivity contribution in [2.75, 3.05) is 23.8 Å². The summed E-state index contributed by atoms with van der Waals surface area (Å²) < 4.78 is 78.1. The van der Waals surface area contributed by atoms with Crippen molar-refractivity contribution in [2.45, 2.75) is 19.2 Å². The first-order chi connectivity index (χ1) is 22.4. The molecule has 0 fully saturated rings. The van der Waals surface area contributed by atoms with Crippen LogP contribution >= 0.6 is 0 Å². The molecule has 0 radical (unpaired) electrons. The lowest BCUT2D eigenvalue weighted by Crippen LogP contribution is -2.24. The maximum Gasteiger partial charge on any atom is 0.417 e. The molecule has 16 heteroatoms. The van der Waals surface area contributed by atoms with E-state index in [0.29, 0.717) is 38.9 Å². The number of hydrogen-bond donors (Lipinski definition) is 2. The van der Waals surface area contributed by atoms with Crippen LogP contribution in [-0.2, 0) is 26.3 Å². The summed E-state index contributed by atoms with van der Waals surface area (Å²) in [5.41, 5.74) is -0.132. The highest BCUT2D eigenvalue weighted by Crippen LogP contribution is 2.48. The molecular formula is C31H23F5N8O3. The summed E-state index contributed by atoms with van der Waals surface area (Å²) in [6.45, 7) is -0.378. The minimum absolute atomic E-state index is 0.0267. The molecule has 5 heterocycles. The van der Waals surface area contributed by atoms with Crippen LogP contribution in [0.25, 0.3) is 27.7 Å². The Labute approximate surface area is 261 Å². The third kappa shape index (κ3) is 4.70. The number of anilines is 2. The highest BCUT2D eigenvalue weighted by Gasteiger charge is 2.39. The molecule has 0 spiro atoms. The van der Waals surface area contributed by atoms with Crippen molar-refractivity contribution in [2.24, 2.45) is 7.05 Å². The predicted molar refractivity (Wildman–Crippen MR) is 159 cm³/mol. The maximum absolute atomic E-state index is 15.2. The van der Waals surface area contributed by atoms with E-state index in [-0.39, 0.29) is 29.2 Å². The van der Waals surface area contributed by atoms with Gasteiger partial charge in [-0.25, -0.2) is 23.5 Å². The number of carbonyl (C=O) groups is 2. The molecule has 1 amide bonds. The molecule has 1 aliphatic rings. The highest BCUT2D eigenvalue weighted by molar-refractivity contribution is 6.11. The molecular weight excluding hydrogens is 627 g/mol. The molecule has 0 saturated carbocycles. The first kappa shape index (κ1) is 30.0. The van der Waals surface area contributed by atoms with Crippen LogP contribution in [0.5, 0.6) is 0 Å². The number of imidazole rings is 1. The molecule has 0 atom stereocenters. The quantitative estimate of drug-likeness (QED) is 0.199. The van der Waals surface area contributed by atoms with Gasteiger partial charge in [0.2, 0.25) is 5.78 Å². The summed E-state index contributed by atoms with van der Waals surface area (Å²) in [7, 11) is 3.30. The minimum Gasteiger partial charge on any atom is -0.388 e. The standard InChI is InChI=1S/C31H23F5N8O3/c1-41-7-5-15-10-22(29(46)16-8-19(32)25(20(33)9-16)40-30(47)44-23(12-45)37-13-39-44)43-6-3-4-17(27(15)43)24-18(31(34,35)36)11-21-26(28(24)41)38-14-42(21)2/h3-4,6,8-11,13-14,45H,5,7,12H2,1-2H3,(H,40,47). The number of aromatic nitrogens is 6. The maximum atomic E-state index is 15.2. The van der Waals surface area contributed by atoms with Gasteiger partial charge in [-0.1, -0.05) is 6.07 Å². The average Bonchev–Trinajstić information content (AvgIpc) is 3.76. The van der Waals surface area contributed by atoms with Gasteiger partial charge in [-0.3, -0.25) is 4.79 Å². The lowest BCUT2D eigenvalue weighted by atomic mass is 9.92. The van der Waals surface area contributed by atoms with E-state index in [1.807, 2.05) is 5.32 Å². The molecule has 240 valence electrons. The predicted octanol–water partition coefficient (Wildman–Crippen LogP) is 5.18.